The van der Waals surface area contributed by atoms with E-state index < -0.39 is 0 Å². The number of nitrogens with two attached hydrogens (primary N) is 1. The molecule has 0 saturated heterocycles. The number of benzene rings is 1. The van der Waals surface area contributed by atoms with Crippen LogP contribution in [0.15, 0.2) is 18.2 Å². The molecular formula is C16H24ClFN2. The number of hydrogen-bond donors (Lipinski definition) is 1. The first-order valence-corrected chi connectivity index (χ1v) is 7.77. The molecule has 0 heterocycles. The van der Waals surface area contributed by atoms with Gasteiger partial charge in [-0.1, -0.05) is 37.4 Å². The highest BCUT2D eigenvalue weighted by Crippen LogP contribution is 2.33. The summed E-state index contributed by atoms with van der Waals surface area (Å²) >= 11 is 6.19. The van der Waals surface area contributed by atoms with Crippen molar-refractivity contribution in [3.05, 3.63) is 34.6 Å². The average molecular weight is 299 g/mol. The van der Waals surface area contributed by atoms with Crippen molar-refractivity contribution in [3.8, 4) is 0 Å². The second kappa shape index (κ2) is 6.88. The van der Waals surface area contributed by atoms with Gasteiger partial charge in [-0.05, 0) is 43.5 Å². The summed E-state index contributed by atoms with van der Waals surface area (Å²) in [5.74, 6) is 0.460. The van der Waals surface area contributed by atoms with Gasteiger partial charge in [-0.2, -0.15) is 0 Å². The van der Waals surface area contributed by atoms with Crippen LogP contribution in [0.3, 0.4) is 0 Å². The minimum absolute atomic E-state index is 0.0541. The molecular weight excluding hydrogens is 275 g/mol. The normalized spacial score (nSPS) is 24.9. The molecule has 1 aliphatic rings. The average Bonchev–Trinajstić information content (AvgIpc) is 2.41. The summed E-state index contributed by atoms with van der Waals surface area (Å²) in [7, 11) is 2.11. The molecule has 0 amide bonds. The van der Waals surface area contributed by atoms with Crippen LogP contribution in [0.2, 0.25) is 5.02 Å². The molecule has 1 fully saturated rings. The van der Waals surface area contributed by atoms with E-state index in [2.05, 4.69) is 18.9 Å². The Hall–Kier alpha value is -0.640. The molecule has 0 aliphatic heterocycles. The van der Waals surface area contributed by atoms with Crippen molar-refractivity contribution in [1.82, 2.24) is 4.90 Å². The van der Waals surface area contributed by atoms with Gasteiger partial charge >= 0.3 is 0 Å². The summed E-state index contributed by atoms with van der Waals surface area (Å²) in [4.78, 5) is 2.33. The third-order valence-corrected chi connectivity index (χ3v) is 4.85. The van der Waals surface area contributed by atoms with Gasteiger partial charge in [0.25, 0.3) is 0 Å². The molecule has 1 saturated carbocycles. The van der Waals surface area contributed by atoms with Crippen LogP contribution in [0.5, 0.6) is 0 Å². The quantitative estimate of drug-likeness (QED) is 0.911. The van der Waals surface area contributed by atoms with E-state index in [1.54, 1.807) is 6.07 Å². The lowest BCUT2D eigenvalue weighted by Crippen LogP contribution is -2.41. The van der Waals surface area contributed by atoms with Crippen molar-refractivity contribution in [2.24, 2.45) is 11.7 Å². The standard InChI is InChI=1S/C16H24ClFN2/c1-11-4-3-5-13(8-11)20(2)16(10-19)14-7-6-12(18)9-15(14)17/h6-7,9,11,13,16H,3-5,8,10,19H2,1-2H3. The molecule has 0 radical (unpaired) electrons. The Bertz CT molecular complexity index is 452. The van der Waals surface area contributed by atoms with Crippen LogP contribution in [-0.4, -0.2) is 24.5 Å². The zero-order chi connectivity index (χ0) is 14.7. The van der Waals surface area contributed by atoms with Crippen molar-refractivity contribution in [1.29, 1.82) is 0 Å². The molecule has 3 unspecified atom stereocenters. The molecule has 1 aromatic carbocycles. The molecule has 0 aromatic heterocycles. The van der Waals surface area contributed by atoms with Gasteiger partial charge in [-0.3, -0.25) is 4.90 Å². The van der Waals surface area contributed by atoms with Gasteiger partial charge in [0.15, 0.2) is 0 Å². The van der Waals surface area contributed by atoms with Crippen LogP contribution in [0, 0.1) is 11.7 Å². The summed E-state index contributed by atoms with van der Waals surface area (Å²) < 4.78 is 13.2. The number of likely N-dealkylation sites (N-methyl/N-ethyl adjacent to an activating group) is 1. The molecule has 4 heteroatoms. The van der Waals surface area contributed by atoms with Gasteiger partial charge < -0.3 is 5.73 Å². The molecule has 112 valence electrons. The zero-order valence-corrected chi connectivity index (χ0v) is 13.0. The zero-order valence-electron chi connectivity index (χ0n) is 12.3. The minimum Gasteiger partial charge on any atom is -0.329 e. The van der Waals surface area contributed by atoms with Gasteiger partial charge in [0.1, 0.15) is 5.82 Å². The Kier molecular flexibility index (Phi) is 5.42. The first-order valence-electron chi connectivity index (χ1n) is 7.40. The Morgan fingerprint density at radius 3 is 2.80 bits per heavy atom. The van der Waals surface area contributed by atoms with E-state index in [4.69, 9.17) is 17.3 Å². The molecule has 3 atom stereocenters. The van der Waals surface area contributed by atoms with Gasteiger partial charge in [-0.25, -0.2) is 4.39 Å². The fourth-order valence-electron chi connectivity index (χ4n) is 3.31. The largest absolute Gasteiger partial charge is 0.329 e. The van der Waals surface area contributed by atoms with E-state index in [1.165, 1.54) is 37.8 Å². The maximum atomic E-state index is 13.2. The Morgan fingerprint density at radius 2 is 2.20 bits per heavy atom. The van der Waals surface area contributed by atoms with E-state index in [1.807, 2.05) is 0 Å². The first-order chi connectivity index (χ1) is 9.52. The number of rotatable bonds is 4. The van der Waals surface area contributed by atoms with Crippen LogP contribution in [-0.2, 0) is 0 Å². The van der Waals surface area contributed by atoms with Crippen LogP contribution in [0.4, 0.5) is 4.39 Å². The topological polar surface area (TPSA) is 29.3 Å². The van der Waals surface area contributed by atoms with Gasteiger partial charge in [-0.15, -0.1) is 0 Å². The molecule has 20 heavy (non-hydrogen) atoms. The van der Waals surface area contributed by atoms with E-state index in [0.29, 0.717) is 17.6 Å². The Labute approximate surface area is 126 Å². The smallest absolute Gasteiger partial charge is 0.124 e. The predicted molar refractivity (Wildman–Crippen MR) is 82.4 cm³/mol. The third kappa shape index (κ3) is 3.51. The van der Waals surface area contributed by atoms with E-state index in [-0.39, 0.29) is 11.9 Å². The SMILES string of the molecule is CC1CCCC(N(C)C(CN)c2ccc(F)cc2Cl)C1. The lowest BCUT2D eigenvalue weighted by molar-refractivity contribution is 0.121. The van der Waals surface area contributed by atoms with Crippen molar-refractivity contribution in [2.75, 3.05) is 13.6 Å². The second-order valence-electron chi connectivity index (χ2n) is 6.01. The maximum absolute atomic E-state index is 13.2. The minimum atomic E-state index is -0.302. The molecule has 2 nitrogen and oxygen atoms in total. The molecule has 2 N–H and O–H groups in total. The molecule has 2 rings (SSSR count). The summed E-state index contributed by atoms with van der Waals surface area (Å²) in [5, 5.41) is 0.469. The number of halogens is 2. The lowest BCUT2D eigenvalue weighted by Gasteiger charge is -2.39. The summed E-state index contributed by atoms with van der Waals surface area (Å²) in [6, 6.07) is 5.18. The van der Waals surface area contributed by atoms with Crippen LogP contribution < -0.4 is 5.73 Å². The Balaban J connectivity index is 2.18. The lowest BCUT2D eigenvalue weighted by atomic mass is 9.85. The Morgan fingerprint density at radius 1 is 1.45 bits per heavy atom. The van der Waals surface area contributed by atoms with Crippen LogP contribution >= 0.6 is 11.6 Å². The van der Waals surface area contributed by atoms with E-state index in [9.17, 15) is 4.39 Å². The summed E-state index contributed by atoms with van der Waals surface area (Å²) in [5.41, 5.74) is 6.89. The highest BCUT2D eigenvalue weighted by molar-refractivity contribution is 6.31. The maximum Gasteiger partial charge on any atom is 0.124 e. The molecule has 1 aromatic rings. The van der Waals surface area contributed by atoms with Crippen molar-refractivity contribution in [2.45, 2.75) is 44.7 Å². The van der Waals surface area contributed by atoms with Crippen molar-refractivity contribution in [3.63, 3.8) is 0 Å². The second-order valence-corrected chi connectivity index (χ2v) is 6.42. The van der Waals surface area contributed by atoms with E-state index in [0.717, 1.165) is 11.5 Å². The van der Waals surface area contributed by atoms with E-state index >= 15 is 0 Å². The van der Waals surface area contributed by atoms with Gasteiger partial charge in [0.2, 0.25) is 0 Å². The van der Waals surface area contributed by atoms with Crippen molar-refractivity contribution < 1.29 is 4.39 Å². The van der Waals surface area contributed by atoms with Crippen molar-refractivity contribution >= 4 is 11.6 Å². The number of nitrogens with zero attached hydrogens (tertiary/aromatic N) is 1. The van der Waals surface area contributed by atoms with Gasteiger partial charge in [0.05, 0.1) is 0 Å². The molecule has 1 aliphatic carbocycles. The van der Waals surface area contributed by atoms with Crippen LogP contribution in [0.25, 0.3) is 0 Å². The monoisotopic (exact) mass is 298 g/mol. The van der Waals surface area contributed by atoms with Crippen LogP contribution in [0.1, 0.15) is 44.2 Å². The summed E-state index contributed by atoms with van der Waals surface area (Å²) in [6.07, 6.45) is 4.99. The fourth-order valence-corrected chi connectivity index (χ4v) is 3.60. The summed E-state index contributed by atoms with van der Waals surface area (Å²) in [6.45, 7) is 2.80. The highest BCUT2D eigenvalue weighted by Gasteiger charge is 2.28. The molecule has 0 spiro atoms. The molecule has 0 bridgehead atoms. The van der Waals surface area contributed by atoms with Gasteiger partial charge in [0, 0.05) is 23.7 Å². The first kappa shape index (κ1) is 15.7. The number of hydrogen-bond acceptors (Lipinski definition) is 2. The highest BCUT2D eigenvalue weighted by atomic mass is 35.5. The fraction of sp³-hybridized carbons (Fsp3) is 0.625. The third-order valence-electron chi connectivity index (χ3n) is 4.52. The predicted octanol–water partition coefficient (Wildman–Crippen LogP) is 3.99.